The average molecular weight is 398 g/mol. The SMILES string of the molecule is Fc1cccc(F)c1-c1nc(CN2CCCC2c2cccc3c2OCCO3)co1. The number of rotatable bonds is 4. The van der Waals surface area contributed by atoms with Gasteiger partial charge < -0.3 is 13.9 Å². The summed E-state index contributed by atoms with van der Waals surface area (Å²) in [6, 6.07) is 9.84. The Labute approximate surface area is 166 Å². The standard InChI is InChI=1S/C22H20F2N2O3/c23-16-5-2-6-17(24)20(16)22-25-14(13-29-22)12-26-9-3-7-18(26)15-4-1-8-19-21(15)28-11-10-27-19/h1-2,4-6,8,13,18H,3,7,9-12H2. The van der Waals surface area contributed by atoms with Crippen LogP contribution in [-0.4, -0.2) is 29.6 Å². The lowest BCUT2D eigenvalue weighted by Crippen LogP contribution is -2.25. The lowest BCUT2D eigenvalue weighted by Gasteiger charge is -2.28. The molecule has 1 unspecified atom stereocenters. The Kier molecular flexibility index (Phi) is 4.67. The molecule has 29 heavy (non-hydrogen) atoms. The second-order valence-electron chi connectivity index (χ2n) is 7.24. The van der Waals surface area contributed by atoms with Crippen molar-refractivity contribution in [1.29, 1.82) is 0 Å². The molecule has 2 aliphatic rings. The molecule has 150 valence electrons. The predicted octanol–water partition coefficient (Wildman–Crippen LogP) is 4.73. The van der Waals surface area contributed by atoms with Gasteiger partial charge in [0.2, 0.25) is 5.89 Å². The maximum absolute atomic E-state index is 14.0. The minimum Gasteiger partial charge on any atom is -0.486 e. The van der Waals surface area contributed by atoms with Crippen LogP contribution in [-0.2, 0) is 6.54 Å². The van der Waals surface area contributed by atoms with Gasteiger partial charge in [0.25, 0.3) is 0 Å². The average Bonchev–Trinajstić information content (AvgIpc) is 3.38. The Hall–Kier alpha value is -2.93. The third-order valence-corrected chi connectivity index (χ3v) is 5.41. The molecule has 0 aliphatic carbocycles. The van der Waals surface area contributed by atoms with Crippen LogP contribution in [0.1, 0.15) is 30.1 Å². The van der Waals surface area contributed by atoms with E-state index in [-0.39, 0.29) is 17.5 Å². The van der Waals surface area contributed by atoms with E-state index in [1.54, 1.807) is 0 Å². The van der Waals surface area contributed by atoms with Crippen LogP contribution in [0.4, 0.5) is 8.78 Å². The smallest absolute Gasteiger partial charge is 0.232 e. The summed E-state index contributed by atoms with van der Waals surface area (Å²) >= 11 is 0. The minimum atomic E-state index is -0.689. The van der Waals surface area contributed by atoms with Crippen molar-refractivity contribution in [2.45, 2.75) is 25.4 Å². The number of likely N-dealkylation sites (tertiary alicyclic amines) is 1. The molecular formula is C22H20F2N2O3. The molecule has 2 aliphatic heterocycles. The van der Waals surface area contributed by atoms with E-state index in [1.807, 2.05) is 12.1 Å². The maximum Gasteiger partial charge on any atom is 0.232 e. The highest BCUT2D eigenvalue weighted by Gasteiger charge is 2.31. The Morgan fingerprint density at radius 2 is 1.83 bits per heavy atom. The van der Waals surface area contributed by atoms with Crippen LogP contribution in [0, 0.1) is 11.6 Å². The molecular weight excluding hydrogens is 378 g/mol. The van der Waals surface area contributed by atoms with Gasteiger partial charge in [-0.25, -0.2) is 13.8 Å². The van der Waals surface area contributed by atoms with E-state index >= 15 is 0 Å². The summed E-state index contributed by atoms with van der Waals surface area (Å²) in [6.45, 7) is 2.51. The van der Waals surface area contributed by atoms with E-state index in [9.17, 15) is 8.78 Å². The lowest BCUT2D eigenvalue weighted by molar-refractivity contribution is 0.163. The third-order valence-electron chi connectivity index (χ3n) is 5.41. The normalized spacial score (nSPS) is 18.9. The van der Waals surface area contributed by atoms with Gasteiger partial charge in [-0.3, -0.25) is 4.90 Å². The fourth-order valence-electron chi connectivity index (χ4n) is 4.13. The van der Waals surface area contributed by atoms with Gasteiger partial charge in [0.15, 0.2) is 11.5 Å². The zero-order valence-electron chi connectivity index (χ0n) is 15.7. The van der Waals surface area contributed by atoms with Crippen LogP contribution < -0.4 is 9.47 Å². The van der Waals surface area contributed by atoms with Crippen molar-refractivity contribution >= 4 is 0 Å². The Balaban J connectivity index is 1.40. The number of benzene rings is 2. The fourth-order valence-corrected chi connectivity index (χ4v) is 4.13. The van der Waals surface area contributed by atoms with Crippen LogP contribution >= 0.6 is 0 Å². The van der Waals surface area contributed by atoms with Gasteiger partial charge in [-0.05, 0) is 37.6 Å². The van der Waals surface area contributed by atoms with Gasteiger partial charge in [-0.2, -0.15) is 0 Å². The Morgan fingerprint density at radius 1 is 1.03 bits per heavy atom. The minimum absolute atomic E-state index is 0.0415. The molecule has 0 radical (unpaired) electrons. The molecule has 1 atom stereocenters. The second-order valence-corrected chi connectivity index (χ2v) is 7.24. The number of aromatic nitrogens is 1. The monoisotopic (exact) mass is 398 g/mol. The molecule has 0 saturated carbocycles. The predicted molar refractivity (Wildman–Crippen MR) is 102 cm³/mol. The molecule has 0 bridgehead atoms. The lowest BCUT2D eigenvalue weighted by atomic mass is 10.0. The summed E-state index contributed by atoms with van der Waals surface area (Å²) in [5.74, 6) is 0.167. The molecule has 5 rings (SSSR count). The summed E-state index contributed by atoms with van der Waals surface area (Å²) in [7, 11) is 0. The molecule has 3 heterocycles. The van der Waals surface area contributed by atoms with Crippen molar-refractivity contribution in [3.05, 3.63) is 65.6 Å². The van der Waals surface area contributed by atoms with Gasteiger partial charge in [-0.15, -0.1) is 0 Å². The Bertz CT molecular complexity index is 1020. The van der Waals surface area contributed by atoms with Crippen molar-refractivity contribution in [2.75, 3.05) is 19.8 Å². The number of oxazole rings is 1. The van der Waals surface area contributed by atoms with Gasteiger partial charge in [-0.1, -0.05) is 18.2 Å². The number of nitrogens with zero attached hydrogens (tertiary/aromatic N) is 2. The molecule has 7 heteroatoms. The van der Waals surface area contributed by atoms with Crippen LogP contribution in [0.3, 0.4) is 0 Å². The highest BCUT2D eigenvalue weighted by Crippen LogP contribution is 2.43. The number of ether oxygens (including phenoxy) is 2. The zero-order chi connectivity index (χ0) is 19.8. The molecule has 0 spiro atoms. The molecule has 0 N–H and O–H groups in total. The van der Waals surface area contributed by atoms with E-state index in [4.69, 9.17) is 13.9 Å². The second kappa shape index (κ2) is 7.48. The summed E-state index contributed by atoms with van der Waals surface area (Å²) in [4.78, 5) is 6.62. The summed E-state index contributed by atoms with van der Waals surface area (Å²) < 4.78 is 45.0. The first-order chi connectivity index (χ1) is 14.2. The number of halogens is 2. The van der Waals surface area contributed by atoms with Crippen LogP contribution in [0.2, 0.25) is 0 Å². The Morgan fingerprint density at radius 3 is 2.69 bits per heavy atom. The van der Waals surface area contributed by atoms with Crippen molar-refractivity contribution < 1.29 is 22.7 Å². The first-order valence-electron chi connectivity index (χ1n) is 9.72. The van der Waals surface area contributed by atoms with Crippen LogP contribution in [0.25, 0.3) is 11.5 Å². The number of hydrogen-bond acceptors (Lipinski definition) is 5. The van der Waals surface area contributed by atoms with Gasteiger partial charge in [0.1, 0.15) is 36.7 Å². The highest BCUT2D eigenvalue weighted by molar-refractivity contribution is 5.55. The van der Waals surface area contributed by atoms with Crippen molar-refractivity contribution in [3.63, 3.8) is 0 Å². The van der Waals surface area contributed by atoms with Gasteiger partial charge in [0.05, 0.1) is 5.69 Å². The maximum atomic E-state index is 14.0. The van der Waals surface area contributed by atoms with E-state index in [2.05, 4.69) is 16.0 Å². The largest absolute Gasteiger partial charge is 0.486 e. The van der Waals surface area contributed by atoms with Crippen molar-refractivity contribution in [1.82, 2.24) is 9.88 Å². The molecule has 5 nitrogen and oxygen atoms in total. The summed E-state index contributed by atoms with van der Waals surface area (Å²) in [6.07, 6.45) is 3.50. The van der Waals surface area contributed by atoms with Gasteiger partial charge >= 0.3 is 0 Å². The van der Waals surface area contributed by atoms with Gasteiger partial charge in [0, 0.05) is 18.2 Å². The molecule has 1 fully saturated rings. The highest BCUT2D eigenvalue weighted by atomic mass is 19.1. The number of fused-ring (bicyclic) bond motifs is 1. The van der Waals surface area contributed by atoms with E-state index in [1.165, 1.54) is 24.5 Å². The quantitative estimate of drug-likeness (QED) is 0.636. The topological polar surface area (TPSA) is 47.7 Å². The summed E-state index contributed by atoms with van der Waals surface area (Å²) in [5.41, 5.74) is 1.50. The van der Waals surface area contributed by atoms with Crippen molar-refractivity contribution in [3.8, 4) is 23.0 Å². The van der Waals surface area contributed by atoms with Crippen LogP contribution in [0.5, 0.6) is 11.5 Å². The third kappa shape index (κ3) is 3.35. The molecule has 3 aromatic rings. The zero-order valence-corrected chi connectivity index (χ0v) is 15.7. The number of hydrogen-bond donors (Lipinski definition) is 0. The van der Waals surface area contributed by atoms with E-state index < -0.39 is 11.6 Å². The first kappa shape index (κ1) is 18.1. The molecule has 1 aromatic heterocycles. The van der Waals surface area contributed by atoms with Crippen molar-refractivity contribution in [2.24, 2.45) is 0 Å². The van der Waals surface area contributed by atoms with Crippen LogP contribution in [0.15, 0.2) is 47.1 Å². The molecule has 2 aromatic carbocycles. The van der Waals surface area contributed by atoms with E-state index in [0.29, 0.717) is 25.5 Å². The summed E-state index contributed by atoms with van der Waals surface area (Å²) in [5, 5.41) is 0. The molecule has 0 amide bonds. The first-order valence-corrected chi connectivity index (χ1v) is 9.72. The molecule has 1 saturated heterocycles. The number of para-hydroxylation sites is 1. The van der Waals surface area contributed by atoms with E-state index in [0.717, 1.165) is 36.4 Å². The fraction of sp³-hybridized carbons (Fsp3) is 0.318.